The molecule has 1 heterocycles. The van der Waals surface area contributed by atoms with Gasteiger partial charge in [-0.15, -0.1) is 0 Å². The number of rotatable bonds is 7. The molecule has 0 aromatic heterocycles. The van der Waals surface area contributed by atoms with Crippen molar-refractivity contribution >= 4 is 40.7 Å². The number of urea groups is 1. The Bertz CT molecular complexity index is 1370. The Hall–Kier alpha value is -4.66. The van der Waals surface area contributed by atoms with Crippen LogP contribution >= 0.6 is 0 Å². The lowest BCUT2D eigenvalue weighted by Crippen LogP contribution is -2.43. The number of guanidine groups is 1. The number of amides is 3. The molecule has 200 valence electrons. The summed E-state index contributed by atoms with van der Waals surface area (Å²) in [6.45, 7) is 0.172. The van der Waals surface area contributed by atoms with E-state index in [4.69, 9.17) is 16.2 Å². The molecule has 1 aliphatic carbocycles. The molecule has 0 bridgehead atoms. The number of fused-ring (bicyclic) bond motifs is 1. The van der Waals surface area contributed by atoms with Crippen molar-refractivity contribution in [3.63, 3.8) is 0 Å². The number of nitrogens with one attached hydrogen (secondary N) is 3. The van der Waals surface area contributed by atoms with Crippen molar-refractivity contribution in [2.24, 2.45) is 16.8 Å². The molecule has 3 amide bonds. The summed E-state index contributed by atoms with van der Waals surface area (Å²) in [5.41, 5.74) is 10.2. The predicted molar refractivity (Wildman–Crippen MR) is 154 cm³/mol. The van der Waals surface area contributed by atoms with E-state index in [1.165, 1.54) is 11.4 Å². The predicted octanol–water partition coefficient (Wildman–Crippen LogP) is 5.17. The SMILES string of the molecule is N=C(N)Nc1ccc(N2C(=O)N(CC(=O)NCc3ccccc3)N=C(C3CCCCC3)c3ccccc32)cc1. The third-order valence-electron chi connectivity index (χ3n) is 7.08. The van der Waals surface area contributed by atoms with Gasteiger partial charge in [0.1, 0.15) is 6.54 Å². The maximum Gasteiger partial charge on any atom is 0.350 e. The van der Waals surface area contributed by atoms with Crippen LogP contribution in [0.5, 0.6) is 0 Å². The Morgan fingerprint density at radius 2 is 1.64 bits per heavy atom. The number of para-hydroxylation sites is 1. The zero-order valence-electron chi connectivity index (χ0n) is 21.8. The van der Waals surface area contributed by atoms with E-state index < -0.39 is 6.03 Å². The number of nitrogens with two attached hydrogens (primary N) is 1. The quantitative estimate of drug-likeness (QED) is 0.252. The van der Waals surface area contributed by atoms with Gasteiger partial charge >= 0.3 is 6.03 Å². The summed E-state index contributed by atoms with van der Waals surface area (Å²) in [5, 5.41) is 19.4. The molecular weight excluding hydrogens is 490 g/mol. The molecule has 3 aromatic rings. The minimum Gasteiger partial charge on any atom is -0.370 e. The summed E-state index contributed by atoms with van der Waals surface area (Å²) in [6, 6.07) is 24.2. The number of hydrogen-bond acceptors (Lipinski definition) is 4. The van der Waals surface area contributed by atoms with E-state index in [0.717, 1.165) is 48.2 Å². The van der Waals surface area contributed by atoms with E-state index in [-0.39, 0.29) is 24.3 Å². The molecule has 1 aliphatic heterocycles. The third kappa shape index (κ3) is 6.09. The van der Waals surface area contributed by atoms with Crippen molar-refractivity contribution in [1.29, 1.82) is 5.41 Å². The van der Waals surface area contributed by atoms with Crippen LogP contribution in [0.15, 0.2) is 84.0 Å². The molecule has 0 radical (unpaired) electrons. The van der Waals surface area contributed by atoms with Crippen molar-refractivity contribution in [3.8, 4) is 0 Å². The molecule has 0 unspecified atom stereocenters. The summed E-state index contributed by atoms with van der Waals surface area (Å²) in [4.78, 5) is 28.8. The number of hydrogen-bond donors (Lipinski definition) is 4. The van der Waals surface area contributed by atoms with Gasteiger partial charge in [-0.05, 0) is 48.7 Å². The summed E-state index contributed by atoms with van der Waals surface area (Å²) in [7, 11) is 0. The van der Waals surface area contributed by atoms with Gasteiger partial charge in [-0.3, -0.25) is 15.1 Å². The maximum atomic E-state index is 14.1. The Morgan fingerprint density at radius 1 is 0.949 bits per heavy atom. The van der Waals surface area contributed by atoms with Crippen LogP contribution in [0.3, 0.4) is 0 Å². The van der Waals surface area contributed by atoms with Gasteiger partial charge in [0.25, 0.3) is 0 Å². The smallest absolute Gasteiger partial charge is 0.350 e. The Morgan fingerprint density at radius 3 is 2.36 bits per heavy atom. The lowest BCUT2D eigenvalue weighted by molar-refractivity contribution is -0.121. The Kier molecular flexibility index (Phi) is 7.86. The largest absolute Gasteiger partial charge is 0.370 e. The molecule has 0 saturated heterocycles. The zero-order chi connectivity index (χ0) is 27.2. The van der Waals surface area contributed by atoms with Crippen molar-refractivity contribution in [2.75, 3.05) is 16.8 Å². The Labute approximate surface area is 228 Å². The van der Waals surface area contributed by atoms with Crippen molar-refractivity contribution in [1.82, 2.24) is 10.3 Å². The molecule has 1 saturated carbocycles. The third-order valence-corrected chi connectivity index (χ3v) is 7.08. The summed E-state index contributed by atoms with van der Waals surface area (Å²) in [6.07, 6.45) is 5.43. The second-order valence-corrected chi connectivity index (χ2v) is 9.86. The van der Waals surface area contributed by atoms with Crippen LogP contribution in [0, 0.1) is 11.3 Å². The van der Waals surface area contributed by atoms with Crippen LogP contribution in [-0.4, -0.2) is 35.2 Å². The van der Waals surface area contributed by atoms with Gasteiger partial charge in [0.15, 0.2) is 5.96 Å². The topological polar surface area (TPSA) is 127 Å². The molecule has 0 spiro atoms. The van der Waals surface area contributed by atoms with E-state index >= 15 is 0 Å². The van der Waals surface area contributed by atoms with Gasteiger partial charge in [0, 0.05) is 23.7 Å². The first-order chi connectivity index (χ1) is 19.0. The van der Waals surface area contributed by atoms with Crippen molar-refractivity contribution < 1.29 is 9.59 Å². The van der Waals surface area contributed by atoms with E-state index in [1.807, 2.05) is 54.6 Å². The molecule has 9 nitrogen and oxygen atoms in total. The van der Waals surface area contributed by atoms with Crippen molar-refractivity contribution in [2.45, 2.75) is 38.6 Å². The first kappa shape index (κ1) is 26.0. The van der Waals surface area contributed by atoms with Crippen LogP contribution < -0.4 is 21.3 Å². The van der Waals surface area contributed by atoms with Crippen LogP contribution in [0.25, 0.3) is 0 Å². The van der Waals surface area contributed by atoms with E-state index in [9.17, 15) is 9.59 Å². The fraction of sp³-hybridized carbons (Fsp3) is 0.267. The van der Waals surface area contributed by atoms with Gasteiger partial charge < -0.3 is 16.4 Å². The minimum atomic E-state index is -0.407. The average molecular weight is 524 g/mol. The molecule has 5 N–H and O–H groups in total. The lowest BCUT2D eigenvalue weighted by atomic mass is 9.83. The molecule has 0 atom stereocenters. The first-order valence-corrected chi connectivity index (χ1v) is 13.3. The second-order valence-electron chi connectivity index (χ2n) is 9.86. The highest BCUT2D eigenvalue weighted by Gasteiger charge is 2.34. The monoisotopic (exact) mass is 523 g/mol. The molecule has 9 heteroatoms. The van der Waals surface area contributed by atoms with E-state index in [1.54, 1.807) is 29.2 Å². The van der Waals surface area contributed by atoms with Gasteiger partial charge in [0.2, 0.25) is 5.91 Å². The fourth-order valence-electron chi connectivity index (χ4n) is 5.20. The Balaban J connectivity index is 1.49. The van der Waals surface area contributed by atoms with E-state index in [0.29, 0.717) is 17.9 Å². The number of hydrazone groups is 1. The number of nitrogens with zero attached hydrogens (tertiary/aromatic N) is 3. The number of carbonyl (C=O) groups is 2. The minimum absolute atomic E-state index is 0.169. The van der Waals surface area contributed by atoms with Crippen molar-refractivity contribution in [3.05, 3.63) is 90.0 Å². The lowest BCUT2D eigenvalue weighted by Gasteiger charge is -2.26. The van der Waals surface area contributed by atoms with Crippen LogP contribution in [-0.2, 0) is 11.3 Å². The van der Waals surface area contributed by atoms with E-state index in [2.05, 4.69) is 10.6 Å². The highest BCUT2D eigenvalue weighted by Crippen LogP contribution is 2.37. The maximum absolute atomic E-state index is 14.1. The van der Waals surface area contributed by atoms with Gasteiger partial charge in [-0.1, -0.05) is 67.8 Å². The fourth-order valence-corrected chi connectivity index (χ4v) is 5.20. The number of anilines is 3. The highest BCUT2D eigenvalue weighted by molar-refractivity contribution is 6.14. The van der Waals surface area contributed by atoms with Gasteiger partial charge in [-0.2, -0.15) is 5.10 Å². The van der Waals surface area contributed by atoms with Crippen LogP contribution in [0.1, 0.15) is 43.2 Å². The molecule has 3 aromatic carbocycles. The standard InChI is InChI=1S/C30H33N7O2/c31-29(32)34-23-15-17-24(18-16-23)37-26-14-8-7-13-25(26)28(22-11-5-2-6-12-22)35-36(30(37)39)20-27(38)33-19-21-9-3-1-4-10-21/h1,3-4,7-10,13-18,22H,2,5-6,11-12,19-20H2,(H,33,38)(H4,31,32,34). The van der Waals surface area contributed by atoms with Crippen LogP contribution in [0.4, 0.5) is 21.9 Å². The number of benzene rings is 3. The van der Waals surface area contributed by atoms with Gasteiger partial charge in [0.05, 0.1) is 17.1 Å². The zero-order valence-corrected chi connectivity index (χ0v) is 21.8. The normalized spacial score (nSPS) is 15.7. The highest BCUT2D eigenvalue weighted by atomic mass is 16.2. The van der Waals surface area contributed by atoms with Gasteiger partial charge in [-0.25, -0.2) is 9.80 Å². The number of carbonyl (C=O) groups excluding carboxylic acids is 2. The summed E-state index contributed by atoms with van der Waals surface area (Å²) in [5.74, 6) is -0.243. The second kappa shape index (κ2) is 11.8. The summed E-state index contributed by atoms with van der Waals surface area (Å²) < 4.78 is 0. The van der Waals surface area contributed by atoms with Crippen LogP contribution in [0.2, 0.25) is 0 Å². The first-order valence-electron chi connectivity index (χ1n) is 13.3. The molecule has 2 aliphatic rings. The molecular formula is C30H33N7O2. The molecule has 1 fully saturated rings. The molecule has 5 rings (SSSR count). The molecule has 39 heavy (non-hydrogen) atoms. The average Bonchev–Trinajstić information content (AvgIpc) is 3.07. The summed E-state index contributed by atoms with van der Waals surface area (Å²) >= 11 is 0.